The molecule has 1 aliphatic rings. The molecular weight excluding hydrogens is 293 g/mol. The molecule has 2 N–H and O–H groups in total. The summed E-state index contributed by atoms with van der Waals surface area (Å²) in [6, 6.07) is 10.6. The Balaban J connectivity index is 0.000000924. The monoisotopic (exact) mass is 317 g/mol. The number of fused-ring (bicyclic) bond motifs is 1. The molecule has 1 aliphatic heterocycles. The first-order chi connectivity index (χ1) is 11.2. The topological polar surface area (TPSA) is 44.5 Å². The maximum atomic E-state index is 13.4. The Labute approximate surface area is 137 Å². The van der Waals surface area contributed by atoms with E-state index in [1.165, 1.54) is 19.2 Å². The van der Waals surface area contributed by atoms with E-state index in [1.807, 2.05) is 26.0 Å². The highest BCUT2D eigenvalue weighted by molar-refractivity contribution is 5.77. The van der Waals surface area contributed by atoms with Crippen molar-refractivity contribution in [2.45, 2.75) is 32.8 Å². The summed E-state index contributed by atoms with van der Waals surface area (Å²) in [5, 5.41) is 0. The molecule has 0 saturated carbocycles. The normalized spacial score (nSPS) is 15.8. The number of nitrogens with two attached hydrogens (primary N) is 1. The minimum atomic E-state index is -0.318. The molecule has 124 valence electrons. The van der Waals surface area contributed by atoms with Gasteiger partial charge in [-0.25, -0.2) is 4.39 Å². The second kappa shape index (κ2) is 7.97. The van der Waals surface area contributed by atoms with Crippen LogP contribution < -0.4 is 15.2 Å². The molecule has 0 saturated heterocycles. The molecule has 0 amide bonds. The lowest BCUT2D eigenvalue weighted by molar-refractivity contribution is 0.182. The van der Waals surface area contributed by atoms with Gasteiger partial charge in [0, 0.05) is 23.7 Å². The number of aryl methyl sites for hydroxylation is 1. The molecule has 2 aromatic carbocycles. The van der Waals surface area contributed by atoms with Crippen LogP contribution in [-0.2, 0) is 6.42 Å². The fourth-order valence-corrected chi connectivity index (χ4v) is 2.73. The number of rotatable bonds is 3. The third-order valence-corrected chi connectivity index (χ3v) is 3.83. The average Bonchev–Trinajstić information content (AvgIpc) is 2.62. The van der Waals surface area contributed by atoms with Crippen LogP contribution in [0.3, 0.4) is 0 Å². The number of hydrogen-bond acceptors (Lipinski definition) is 3. The van der Waals surface area contributed by atoms with E-state index in [-0.39, 0.29) is 11.9 Å². The van der Waals surface area contributed by atoms with Crippen molar-refractivity contribution in [1.29, 1.82) is 0 Å². The second-order valence-corrected chi connectivity index (χ2v) is 5.15. The molecule has 0 unspecified atom stereocenters. The first-order valence-electron chi connectivity index (χ1n) is 8.05. The Morgan fingerprint density at radius 2 is 2.00 bits per heavy atom. The van der Waals surface area contributed by atoms with Crippen molar-refractivity contribution in [1.82, 2.24) is 0 Å². The maximum Gasteiger partial charge on any atom is 0.130 e. The fourth-order valence-electron chi connectivity index (χ4n) is 2.73. The van der Waals surface area contributed by atoms with Gasteiger partial charge in [0.15, 0.2) is 0 Å². The van der Waals surface area contributed by atoms with E-state index in [2.05, 4.69) is 6.07 Å². The van der Waals surface area contributed by atoms with Gasteiger partial charge in [-0.1, -0.05) is 32.0 Å². The molecule has 2 aromatic rings. The Kier molecular flexibility index (Phi) is 5.99. The highest BCUT2D eigenvalue weighted by Crippen LogP contribution is 2.41. The first kappa shape index (κ1) is 17.3. The van der Waals surface area contributed by atoms with Crippen LogP contribution >= 0.6 is 0 Å². The van der Waals surface area contributed by atoms with Crippen LogP contribution in [0.25, 0.3) is 11.1 Å². The van der Waals surface area contributed by atoms with Crippen molar-refractivity contribution in [3.8, 4) is 22.6 Å². The lowest BCUT2D eigenvalue weighted by atomic mass is 9.95. The van der Waals surface area contributed by atoms with Crippen molar-refractivity contribution in [3.05, 3.63) is 47.8 Å². The van der Waals surface area contributed by atoms with Crippen LogP contribution in [0.4, 0.5) is 4.39 Å². The smallest absolute Gasteiger partial charge is 0.130 e. The van der Waals surface area contributed by atoms with Gasteiger partial charge in [-0.15, -0.1) is 0 Å². The van der Waals surface area contributed by atoms with E-state index in [0.717, 1.165) is 35.3 Å². The second-order valence-electron chi connectivity index (χ2n) is 5.15. The molecule has 0 radical (unpaired) electrons. The number of halogens is 1. The van der Waals surface area contributed by atoms with E-state index in [4.69, 9.17) is 15.2 Å². The van der Waals surface area contributed by atoms with Crippen LogP contribution in [0.5, 0.6) is 11.5 Å². The summed E-state index contributed by atoms with van der Waals surface area (Å²) in [5.74, 6) is 1.02. The van der Waals surface area contributed by atoms with Gasteiger partial charge < -0.3 is 15.2 Å². The van der Waals surface area contributed by atoms with Crippen LogP contribution in [0, 0.1) is 5.82 Å². The van der Waals surface area contributed by atoms with Gasteiger partial charge in [0.05, 0.1) is 7.11 Å². The minimum absolute atomic E-state index is 0.0325. The van der Waals surface area contributed by atoms with Crippen LogP contribution in [0.1, 0.15) is 25.8 Å². The van der Waals surface area contributed by atoms with Gasteiger partial charge in [-0.2, -0.15) is 0 Å². The third kappa shape index (κ3) is 3.64. The Morgan fingerprint density at radius 3 is 2.70 bits per heavy atom. The highest BCUT2D eigenvalue weighted by atomic mass is 19.1. The molecule has 0 spiro atoms. The molecule has 0 aromatic heterocycles. The summed E-state index contributed by atoms with van der Waals surface area (Å²) in [6.45, 7) is 4.49. The summed E-state index contributed by atoms with van der Waals surface area (Å²) in [7, 11) is 1.54. The van der Waals surface area contributed by atoms with Crippen molar-refractivity contribution in [3.63, 3.8) is 0 Å². The Hall–Kier alpha value is -2.07. The SMILES string of the molecule is CC.COc1cc(F)ccc1-c1cccc2c1O[C@@H](CN)CC2. The Bertz CT molecular complexity index is 658. The zero-order valence-corrected chi connectivity index (χ0v) is 13.9. The molecule has 23 heavy (non-hydrogen) atoms. The predicted molar refractivity (Wildman–Crippen MR) is 91.5 cm³/mol. The lowest BCUT2D eigenvalue weighted by Gasteiger charge is -2.27. The standard InChI is InChI=1S/C17H18FNO2.C2H6/c1-20-16-9-12(18)6-8-14(16)15-4-2-3-11-5-7-13(10-19)21-17(11)15;1-2/h2-4,6,8-9,13H,5,7,10,19H2,1H3;1-2H3/t13-;/m1./s1. The lowest BCUT2D eigenvalue weighted by Crippen LogP contribution is -2.30. The number of ether oxygens (including phenoxy) is 2. The molecule has 1 atom stereocenters. The van der Waals surface area contributed by atoms with Gasteiger partial charge in [0.2, 0.25) is 0 Å². The van der Waals surface area contributed by atoms with E-state index in [9.17, 15) is 4.39 Å². The minimum Gasteiger partial charge on any atom is -0.496 e. The van der Waals surface area contributed by atoms with Gasteiger partial charge in [0.25, 0.3) is 0 Å². The van der Waals surface area contributed by atoms with E-state index in [0.29, 0.717) is 12.3 Å². The van der Waals surface area contributed by atoms with Crippen molar-refractivity contribution < 1.29 is 13.9 Å². The molecule has 1 heterocycles. The van der Waals surface area contributed by atoms with Gasteiger partial charge >= 0.3 is 0 Å². The van der Waals surface area contributed by atoms with Crippen molar-refractivity contribution >= 4 is 0 Å². The predicted octanol–water partition coefficient (Wildman–Crippen LogP) is 4.18. The van der Waals surface area contributed by atoms with Gasteiger partial charge in [-0.3, -0.25) is 0 Å². The van der Waals surface area contributed by atoms with Crippen LogP contribution in [0.15, 0.2) is 36.4 Å². The van der Waals surface area contributed by atoms with Gasteiger partial charge in [0.1, 0.15) is 23.4 Å². The number of para-hydroxylation sites is 1. The molecule has 4 heteroatoms. The summed E-state index contributed by atoms with van der Waals surface area (Å²) < 4.78 is 24.7. The molecule has 3 nitrogen and oxygen atoms in total. The maximum absolute atomic E-state index is 13.4. The summed E-state index contributed by atoms with van der Waals surface area (Å²) in [6.07, 6.45) is 1.90. The van der Waals surface area contributed by atoms with E-state index in [1.54, 1.807) is 6.07 Å². The zero-order valence-electron chi connectivity index (χ0n) is 13.9. The number of benzene rings is 2. The summed E-state index contributed by atoms with van der Waals surface area (Å²) >= 11 is 0. The molecule has 0 aliphatic carbocycles. The first-order valence-corrected chi connectivity index (χ1v) is 8.05. The third-order valence-electron chi connectivity index (χ3n) is 3.83. The molecule has 3 rings (SSSR count). The van der Waals surface area contributed by atoms with Crippen molar-refractivity contribution in [2.75, 3.05) is 13.7 Å². The summed E-state index contributed by atoms with van der Waals surface area (Å²) in [5.41, 5.74) is 8.63. The van der Waals surface area contributed by atoms with E-state index >= 15 is 0 Å². The van der Waals surface area contributed by atoms with E-state index < -0.39 is 0 Å². The number of methoxy groups -OCH3 is 1. The van der Waals surface area contributed by atoms with Gasteiger partial charge in [-0.05, 0) is 30.5 Å². The quantitative estimate of drug-likeness (QED) is 0.923. The Morgan fingerprint density at radius 1 is 1.22 bits per heavy atom. The molecular formula is C19H24FNO2. The van der Waals surface area contributed by atoms with Crippen LogP contribution in [-0.4, -0.2) is 19.8 Å². The van der Waals surface area contributed by atoms with Crippen LogP contribution in [0.2, 0.25) is 0 Å². The highest BCUT2D eigenvalue weighted by Gasteiger charge is 2.23. The molecule has 0 fully saturated rings. The largest absolute Gasteiger partial charge is 0.496 e. The average molecular weight is 317 g/mol. The number of hydrogen-bond donors (Lipinski definition) is 1. The zero-order chi connectivity index (χ0) is 16.8. The molecule has 0 bridgehead atoms. The summed E-state index contributed by atoms with van der Waals surface area (Å²) in [4.78, 5) is 0. The fraction of sp³-hybridized carbons (Fsp3) is 0.368. The van der Waals surface area contributed by atoms with Crippen molar-refractivity contribution in [2.24, 2.45) is 5.73 Å².